The summed E-state index contributed by atoms with van der Waals surface area (Å²) >= 11 is 0. The van der Waals surface area contributed by atoms with Gasteiger partial charge in [-0.25, -0.2) is 12.7 Å². The van der Waals surface area contributed by atoms with Crippen molar-refractivity contribution in [2.75, 3.05) is 26.3 Å². The second-order valence-corrected chi connectivity index (χ2v) is 8.44. The lowest BCUT2D eigenvalue weighted by Crippen LogP contribution is -2.57. The summed E-state index contributed by atoms with van der Waals surface area (Å²) in [6, 6.07) is 0. The van der Waals surface area contributed by atoms with Gasteiger partial charge in [0.25, 0.3) is 0 Å². The highest BCUT2D eigenvalue weighted by molar-refractivity contribution is 7.91. The summed E-state index contributed by atoms with van der Waals surface area (Å²) < 4.78 is 30.3. The molecular weight excluding hydrogens is 326 g/mol. The number of hydrogen-bond donors (Lipinski definition) is 2. The molecule has 2 fully saturated rings. The molecular formula is C14H23NO7S. The molecule has 0 radical (unpaired) electrons. The molecule has 8 nitrogen and oxygen atoms in total. The van der Waals surface area contributed by atoms with Gasteiger partial charge in [-0.1, -0.05) is 0 Å². The molecule has 2 heterocycles. The molecule has 2 aliphatic rings. The van der Waals surface area contributed by atoms with Crippen LogP contribution in [-0.4, -0.2) is 65.9 Å². The maximum Gasteiger partial charge on any atom is 0.326 e. The molecule has 9 heteroatoms. The fourth-order valence-electron chi connectivity index (χ4n) is 3.30. The number of sulfonamides is 1. The summed E-state index contributed by atoms with van der Waals surface area (Å²) in [4.78, 5) is 22.3. The van der Waals surface area contributed by atoms with Gasteiger partial charge in [-0.2, -0.15) is 0 Å². The van der Waals surface area contributed by atoms with Gasteiger partial charge in [-0.3, -0.25) is 9.59 Å². The fraction of sp³-hybridized carbons (Fsp3) is 0.857. The molecule has 0 bridgehead atoms. The van der Waals surface area contributed by atoms with E-state index in [1.165, 1.54) is 4.31 Å². The van der Waals surface area contributed by atoms with Crippen LogP contribution < -0.4 is 0 Å². The number of carbonyl (C=O) groups is 2. The van der Waals surface area contributed by atoms with Crippen LogP contribution in [-0.2, 0) is 24.3 Å². The Kier molecular flexibility index (Phi) is 5.64. The summed E-state index contributed by atoms with van der Waals surface area (Å²) in [6.45, 7) is 0.756. The molecule has 132 valence electrons. The largest absolute Gasteiger partial charge is 0.481 e. The number of aliphatic carboxylic acids is 2. The van der Waals surface area contributed by atoms with Crippen LogP contribution in [0.5, 0.6) is 0 Å². The van der Waals surface area contributed by atoms with Gasteiger partial charge < -0.3 is 14.9 Å². The Morgan fingerprint density at radius 2 is 1.70 bits per heavy atom. The van der Waals surface area contributed by atoms with Gasteiger partial charge in [0.2, 0.25) is 10.0 Å². The molecule has 23 heavy (non-hydrogen) atoms. The van der Waals surface area contributed by atoms with E-state index in [2.05, 4.69) is 0 Å². The Hall–Kier alpha value is -1.19. The zero-order chi connectivity index (χ0) is 17.1. The third kappa shape index (κ3) is 3.67. The van der Waals surface area contributed by atoms with Crippen molar-refractivity contribution in [3.63, 3.8) is 0 Å². The maximum absolute atomic E-state index is 12.9. The van der Waals surface area contributed by atoms with Crippen molar-refractivity contribution in [2.24, 2.45) is 5.92 Å². The lowest BCUT2D eigenvalue weighted by atomic mass is 9.93. The quantitative estimate of drug-likeness (QED) is 0.717. The van der Waals surface area contributed by atoms with Crippen molar-refractivity contribution in [3.05, 3.63) is 0 Å². The Morgan fingerprint density at radius 1 is 1.13 bits per heavy atom. The fourth-order valence-corrected chi connectivity index (χ4v) is 5.39. The van der Waals surface area contributed by atoms with Gasteiger partial charge in [0.15, 0.2) is 4.75 Å². The predicted molar refractivity (Wildman–Crippen MR) is 80.5 cm³/mol. The van der Waals surface area contributed by atoms with Crippen molar-refractivity contribution in [1.82, 2.24) is 4.31 Å². The van der Waals surface area contributed by atoms with Crippen molar-refractivity contribution in [1.29, 1.82) is 0 Å². The number of piperidine rings is 1. The van der Waals surface area contributed by atoms with Crippen molar-refractivity contribution >= 4 is 22.0 Å². The number of ether oxygens (including phenoxy) is 1. The molecule has 0 aromatic carbocycles. The molecule has 2 saturated heterocycles. The van der Waals surface area contributed by atoms with E-state index in [0.717, 1.165) is 0 Å². The smallest absolute Gasteiger partial charge is 0.326 e. The molecule has 0 amide bonds. The average Bonchev–Trinajstić information content (AvgIpc) is 2.53. The molecule has 2 aliphatic heterocycles. The van der Waals surface area contributed by atoms with E-state index in [-0.39, 0.29) is 51.5 Å². The Balaban J connectivity index is 2.05. The highest BCUT2D eigenvalue weighted by Crippen LogP contribution is 2.35. The minimum absolute atomic E-state index is 0.0381. The number of nitrogens with zero attached hydrogens (tertiary/aromatic N) is 1. The monoisotopic (exact) mass is 349 g/mol. The van der Waals surface area contributed by atoms with Gasteiger partial charge >= 0.3 is 11.9 Å². The molecule has 0 aliphatic carbocycles. The van der Waals surface area contributed by atoms with E-state index in [1.54, 1.807) is 0 Å². The van der Waals surface area contributed by atoms with Crippen LogP contribution >= 0.6 is 0 Å². The van der Waals surface area contributed by atoms with Crippen LogP contribution in [0.2, 0.25) is 0 Å². The minimum Gasteiger partial charge on any atom is -0.481 e. The summed E-state index contributed by atoms with van der Waals surface area (Å²) in [6.07, 6.45) is 1.67. The van der Waals surface area contributed by atoms with Gasteiger partial charge in [-0.05, 0) is 25.2 Å². The molecule has 0 spiro atoms. The van der Waals surface area contributed by atoms with E-state index < -0.39 is 26.7 Å². The third-order valence-electron chi connectivity index (χ3n) is 4.86. The van der Waals surface area contributed by atoms with Crippen molar-refractivity contribution < 1.29 is 33.0 Å². The molecule has 0 unspecified atom stereocenters. The Labute approximate surface area is 135 Å². The normalized spacial score (nSPS) is 23.5. The first-order valence-corrected chi connectivity index (χ1v) is 9.26. The number of carboxylic acid groups (broad SMARTS) is 2. The predicted octanol–water partition coefficient (Wildman–Crippen LogP) is 0.527. The van der Waals surface area contributed by atoms with E-state index in [1.807, 2.05) is 0 Å². The Morgan fingerprint density at radius 3 is 2.17 bits per heavy atom. The maximum atomic E-state index is 12.9. The second kappa shape index (κ2) is 7.14. The molecule has 0 aromatic heterocycles. The standard InChI is InChI=1S/C14H23NO7S/c16-12(17)2-1-11-3-7-15(8-4-11)23(20,21)14(13(18)19)5-9-22-10-6-14/h11H,1-10H2,(H,16,17)(H,18,19). The zero-order valence-corrected chi connectivity index (χ0v) is 13.8. The van der Waals surface area contributed by atoms with Crippen LogP contribution in [0, 0.1) is 5.92 Å². The number of carboxylic acids is 2. The van der Waals surface area contributed by atoms with Crippen molar-refractivity contribution in [3.8, 4) is 0 Å². The second-order valence-electron chi connectivity index (χ2n) is 6.19. The highest BCUT2D eigenvalue weighted by atomic mass is 32.2. The SMILES string of the molecule is O=C(O)CCC1CCN(S(=O)(=O)C2(C(=O)O)CCOCC2)CC1. The van der Waals surface area contributed by atoms with Gasteiger partial charge in [0.05, 0.1) is 0 Å². The van der Waals surface area contributed by atoms with Crippen LogP contribution in [0.4, 0.5) is 0 Å². The van der Waals surface area contributed by atoms with E-state index in [4.69, 9.17) is 9.84 Å². The van der Waals surface area contributed by atoms with Gasteiger partial charge in [0, 0.05) is 45.6 Å². The molecule has 0 aromatic rings. The average molecular weight is 349 g/mol. The van der Waals surface area contributed by atoms with Crippen LogP contribution in [0.15, 0.2) is 0 Å². The zero-order valence-electron chi connectivity index (χ0n) is 12.9. The first-order chi connectivity index (χ1) is 10.8. The van der Waals surface area contributed by atoms with Crippen LogP contribution in [0.25, 0.3) is 0 Å². The van der Waals surface area contributed by atoms with E-state index in [0.29, 0.717) is 19.3 Å². The lowest BCUT2D eigenvalue weighted by Gasteiger charge is -2.39. The molecule has 2 N–H and O–H groups in total. The van der Waals surface area contributed by atoms with Gasteiger partial charge in [-0.15, -0.1) is 0 Å². The van der Waals surface area contributed by atoms with Crippen LogP contribution in [0.1, 0.15) is 38.5 Å². The summed E-state index contributed by atoms with van der Waals surface area (Å²) in [5, 5.41) is 18.2. The van der Waals surface area contributed by atoms with Gasteiger partial charge in [0.1, 0.15) is 0 Å². The third-order valence-corrected chi connectivity index (χ3v) is 7.48. The molecule has 2 rings (SSSR count). The summed E-state index contributed by atoms with van der Waals surface area (Å²) in [5.41, 5.74) is 0. The lowest BCUT2D eigenvalue weighted by molar-refractivity contribution is -0.143. The number of rotatable bonds is 6. The molecule has 0 saturated carbocycles. The van der Waals surface area contributed by atoms with Crippen molar-refractivity contribution in [2.45, 2.75) is 43.3 Å². The summed E-state index contributed by atoms with van der Waals surface area (Å²) in [7, 11) is -3.96. The Bertz CT molecular complexity index is 545. The highest BCUT2D eigenvalue weighted by Gasteiger charge is 2.54. The minimum atomic E-state index is -3.96. The summed E-state index contributed by atoms with van der Waals surface area (Å²) in [5.74, 6) is -1.99. The first kappa shape index (κ1) is 18.2. The topological polar surface area (TPSA) is 121 Å². The molecule has 0 atom stereocenters. The van der Waals surface area contributed by atoms with Crippen LogP contribution in [0.3, 0.4) is 0 Å². The first-order valence-electron chi connectivity index (χ1n) is 7.82. The van der Waals surface area contributed by atoms with E-state index in [9.17, 15) is 23.1 Å². The number of hydrogen-bond acceptors (Lipinski definition) is 5. The van der Waals surface area contributed by atoms with E-state index >= 15 is 0 Å².